The Bertz CT molecular complexity index is 666. The van der Waals surface area contributed by atoms with Crippen molar-refractivity contribution in [3.05, 3.63) is 52.7 Å². The van der Waals surface area contributed by atoms with Gasteiger partial charge in [0.1, 0.15) is 11.6 Å². The third-order valence-electron chi connectivity index (χ3n) is 4.21. The number of hydrogen-bond acceptors (Lipinski definition) is 4. The topological polar surface area (TPSA) is 43.4 Å². The highest BCUT2D eigenvalue weighted by Gasteiger charge is 2.17. The average molecular weight is 312 g/mol. The molecule has 0 saturated carbocycles. The van der Waals surface area contributed by atoms with Crippen molar-refractivity contribution >= 4 is 5.82 Å². The number of fused-ring (bicyclic) bond motifs is 1. The van der Waals surface area contributed by atoms with Crippen LogP contribution in [0.5, 0.6) is 5.75 Å². The average Bonchev–Trinajstić information content (AvgIpc) is 2.59. The molecule has 0 bridgehead atoms. The van der Waals surface area contributed by atoms with E-state index in [0.29, 0.717) is 12.5 Å². The van der Waals surface area contributed by atoms with Crippen molar-refractivity contribution in [2.75, 3.05) is 19.0 Å². The molecule has 0 atom stereocenters. The first kappa shape index (κ1) is 15.8. The summed E-state index contributed by atoms with van der Waals surface area (Å²) >= 11 is 0. The van der Waals surface area contributed by atoms with Crippen molar-refractivity contribution in [1.82, 2.24) is 4.98 Å². The van der Waals surface area contributed by atoms with Crippen LogP contribution >= 0.6 is 0 Å². The number of aromatic nitrogens is 1. The van der Waals surface area contributed by atoms with Gasteiger partial charge in [-0.2, -0.15) is 0 Å². The second-order valence-electron chi connectivity index (χ2n) is 6.19. The van der Waals surface area contributed by atoms with Crippen LogP contribution in [0.15, 0.2) is 30.3 Å². The normalized spacial score (nSPS) is 13.7. The summed E-state index contributed by atoms with van der Waals surface area (Å²) in [5, 5.41) is 3.49. The van der Waals surface area contributed by atoms with Gasteiger partial charge in [-0.3, -0.25) is 0 Å². The van der Waals surface area contributed by atoms with E-state index < -0.39 is 0 Å². The summed E-state index contributed by atoms with van der Waals surface area (Å²) in [7, 11) is 1.68. The van der Waals surface area contributed by atoms with Crippen LogP contribution in [0.4, 0.5) is 5.82 Å². The van der Waals surface area contributed by atoms with Crippen LogP contribution < -0.4 is 10.1 Å². The molecule has 0 saturated heterocycles. The molecule has 1 N–H and O–H groups in total. The molecule has 2 heterocycles. The predicted molar refractivity (Wildman–Crippen MR) is 92.0 cm³/mol. The standard InChI is InChI=1S/C19H24N2O2/c1-13(2)18-10-15-8-9-23-12-17(15)19(21-18)20-11-14-4-6-16(22-3)7-5-14/h4-7,10,13H,8-9,11-12H2,1-3H3,(H,20,21). The van der Waals surface area contributed by atoms with E-state index >= 15 is 0 Å². The maximum atomic E-state index is 5.62. The number of anilines is 1. The zero-order valence-electron chi connectivity index (χ0n) is 14.1. The van der Waals surface area contributed by atoms with Gasteiger partial charge in [0.05, 0.1) is 20.3 Å². The Kier molecular flexibility index (Phi) is 4.82. The molecule has 0 fully saturated rings. The lowest BCUT2D eigenvalue weighted by Crippen LogP contribution is -2.16. The van der Waals surface area contributed by atoms with Crippen LogP contribution in [0.1, 0.15) is 42.1 Å². The fourth-order valence-corrected chi connectivity index (χ4v) is 2.76. The fraction of sp³-hybridized carbons (Fsp3) is 0.421. The number of nitrogens with one attached hydrogen (secondary N) is 1. The number of hydrogen-bond donors (Lipinski definition) is 1. The zero-order chi connectivity index (χ0) is 16.2. The van der Waals surface area contributed by atoms with E-state index in [0.717, 1.165) is 36.8 Å². The first-order valence-electron chi connectivity index (χ1n) is 8.14. The smallest absolute Gasteiger partial charge is 0.132 e. The van der Waals surface area contributed by atoms with Gasteiger partial charge in [-0.05, 0) is 41.7 Å². The van der Waals surface area contributed by atoms with E-state index in [-0.39, 0.29) is 0 Å². The van der Waals surface area contributed by atoms with Crippen molar-refractivity contribution in [3.8, 4) is 5.75 Å². The largest absolute Gasteiger partial charge is 0.497 e. The first-order valence-corrected chi connectivity index (χ1v) is 8.14. The minimum atomic E-state index is 0.421. The summed E-state index contributed by atoms with van der Waals surface area (Å²) in [6, 6.07) is 10.3. The van der Waals surface area contributed by atoms with Gasteiger partial charge in [-0.25, -0.2) is 4.98 Å². The van der Waals surface area contributed by atoms with Crippen molar-refractivity contribution in [3.63, 3.8) is 0 Å². The molecule has 122 valence electrons. The molecule has 0 unspecified atom stereocenters. The van der Waals surface area contributed by atoms with Gasteiger partial charge in [0.25, 0.3) is 0 Å². The van der Waals surface area contributed by atoms with E-state index in [1.165, 1.54) is 16.7 Å². The van der Waals surface area contributed by atoms with Gasteiger partial charge in [-0.15, -0.1) is 0 Å². The Morgan fingerprint density at radius 1 is 1.26 bits per heavy atom. The summed E-state index contributed by atoms with van der Waals surface area (Å²) in [6.45, 7) is 6.55. The van der Waals surface area contributed by atoms with Crippen molar-refractivity contribution < 1.29 is 9.47 Å². The van der Waals surface area contributed by atoms with Crippen LogP contribution in [0.3, 0.4) is 0 Å². The van der Waals surface area contributed by atoms with Crippen molar-refractivity contribution in [1.29, 1.82) is 0 Å². The number of pyridine rings is 1. The van der Waals surface area contributed by atoms with E-state index in [1.54, 1.807) is 7.11 Å². The van der Waals surface area contributed by atoms with Gasteiger partial charge in [0, 0.05) is 17.8 Å². The van der Waals surface area contributed by atoms with E-state index in [4.69, 9.17) is 14.5 Å². The van der Waals surface area contributed by atoms with Gasteiger partial charge < -0.3 is 14.8 Å². The first-order chi connectivity index (χ1) is 11.2. The lowest BCUT2D eigenvalue weighted by molar-refractivity contribution is 0.111. The molecular formula is C19H24N2O2. The molecule has 23 heavy (non-hydrogen) atoms. The highest BCUT2D eigenvalue weighted by Crippen LogP contribution is 2.27. The lowest BCUT2D eigenvalue weighted by Gasteiger charge is -2.22. The highest BCUT2D eigenvalue weighted by molar-refractivity contribution is 5.51. The van der Waals surface area contributed by atoms with Crippen molar-refractivity contribution in [2.24, 2.45) is 0 Å². The van der Waals surface area contributed by atoms with Crippen LogP contribution in [-0.4, -0.2) is 18.7 Å². The number of nitrogens with zero attached hydrogens (tertiary/aromatic N) is 1. The molecule has 1 aromatic carbocycles. The summed E-state index contributed by atoms with van der Waals surface area (Å²) < 4.78 is 10.8. The lowest BCUT2D eigenvalue weighted by atomic mass is 9.99. The maximum absolute atomic E-state index is 5.62. The molecule has 1 aliphatic heterocycles. The van der Waals surface area contributed by atoms with Crippen LogP contribution in [0, 0.1) is 0 Å². The van der Waals surface area contributed by atoms with E-state index in [2.05, 4.69) is 37.4 Å². The third-order valence-corrected chi connectivity index (χ3v) is 4.21. The Morgan fingerprint density at radius 3 is 2.74 bits per heavy atom. The SMILES string of the molecule is COc1ccc(CNc2nc(C(C)C)cc3c2COCC3)cc1. The van der Waals surface area contributed by atoms with Crippen molar-refractivity contribution in [2.45, 2.75) is 39.3 Å². The van der Waals surface area contributed by atoms with Gasteiger partial charge >= 0.3 is 0 Å². The van der Waals surface area contributed by atoms with Gasteiger partial charge in [0.2, 0.25) is 0 Å². The molecule has 4 nitrogen and oxygen atoms in total. The third kappa shape index (κ3) is 3.64. The van der Waals surface area contributed by atoms with E-state index in [9.17, 15) is 0 Å². The Hall–Kier alpha value is -2.07. The molecule has 0 aliphatic carbocycles. The predicted octanol–water partition coefficient (Wildman–Crippen LogP) is 3.90. The minimum Gasteiger partial charge on any atom is -0.497 e. The number of ether oxygens (including phenoxy) is 2. The summed E-state index contributed by atoms with van der Waals surface area (Å²) in [5.41, 5.74) is 4.91. The number of methoxy groups -OCH3 is 1. The van der Waals surface area contributed by atoms with Gasteiger partial charge in [0.15, 0.2) is 0 Å². The van der Waals surface area contributed by atoms with Crippen LogP contribution in [0.25, 0.3) is 0 Å². The summed E-state index contributed by atoms with van der Waals surface area (Å²) in [6.07, 6.45) is 0.967. The molecule has 1 aliphatic rings. The van der Waals surface area contributed by atoms with E-state index in [1.807, 2.05) is 12.1 Å². The molecule has 0 radical (unpaired) electrons. The summed E-state index contributed by atoms with van der Waals surface area (Å²) in [4.78, 5) is 4.82. The zero-order valence-corrected chi connectivity index (χ0v) is 14.1. The maximum Gasteiger partial charge on any atom is 0.132 e. The Balaban J connectivity index is 1.81. The Morgan fingerprint density at radius 2 is 2.04 bits per heavy atom. The summed E-state index contributed by atoms with van der Waals surface area (Å²) in [5.74, 6) is 2.26. The monoisotopic (exact) mass is 312 g/mol. The minimum absolute atomic E-state index is 0.421. The number of benzene rings is 1. The molecule has 0 amide bonds. The molecule has 3 rings (SSSR count). The number of rotatable bonds is 5. The molecular weight excluding hydrogens is 288 g/mol. The molecule has 1 aromatic heterocycles. The highest BCUT2D eigenvalue weighted by atomic mass is 16.5. The van der Waals surface area contributed by atoms with Crippen LogP contribution in [-0.2, 0) is 24.3 Å². The van der Waals surface area contributed by atoms with Gasteiger partial charge in [-0.1, -0.05) is 26.0 Å². The Labute approximate surface area is 137 Å². The molecule has 4 heteroatoms. The molecule has 0 spiro atoms. The molecule has 2 aromatic rings. The van der Waals surface area contributed by atoms with Crippen LogP contribution in [0.2, 0.25) is 0 Å². The second kappa shape index (κ2) is 7.01. The fourth-order valence-electron chi connectivity index (χ4n) is 2.76. The quantitative estimate of drug-likeness (QED) is 0.909. The second-order valence-corrected chi connectivity index (χ2v) is 6.19.